The molecule has 0 heteroatoms. The SMILES string of the molecule is C/C=C/C(C)C.C/C=C\C(C)C.C=C(C)C(C)C. The van der Waals surface area contributed by atoms with E-state index < -0.39 is 0 Å². The Bertz CT molecular complexity index is 198. The third-order valence-corrected chi connectivity index (χ3v) is 2.14. The van der Waals surface area contributed by atoms with Gasteiger partial charge in [-0.05, 0) is 38.5 Å². The lowest BCUT2D eigenvalue weighted by Gasteiger charge is -1.97. The first kappa shape index (κ1) is 22.4. The Morgan fingerprint density at radius 1 is 0.778 bits per heavy atom. The fraction of sp³-hybridized carbons (Fsp3) is 0.667. The number of hydrogen-bond acceptors (Lipinski definition) is 0. The van der Waals surface area contributed by atoms with Crippen LogP contribution in [0, 0.1) is 17.8 Å². The summed E-state index contributed by atoms with van der Waals surface area (Å²) in [7, 11) is 0. The van der Waals surface area contributed by atoms with Crippen molar-refractivity contribution in [1.29, 1.82) is 0 Å². The highest BCUT2D eigenvalue weighted by molar-refractivity contribution is 4.90. The van der Waals surface area contributed by atoms with Gasteiger partial charge in [0.2, 0.25) is 0 Å². The van der Waals surface area contributed by atoms with Crippen LogP contribution >= 0.6 is 0 Å². The van der Waals surface area contributed by atoms with E-state index in [9.17, 15) is 0 Å². The van der Waals surface area contributed by atoms with Gasteiger partial charge in [0.05, 0.1) is 0 Å². The molecule has 108 valence electrons. The van der Waals surface area contributed by atoms with Crippen molar-refractivity contribution in [2.45, 2.75) is 62.3 Å². The summed E-state index contributed by atoms with van der Waals surface area (Å²) in [6, 6.07) is 0. The smallest absolute Gasteiger partial charge is 0.0266 e. The summed E-state index contributed by atoms with van der Waals surface area (Å²) in [5.74, 6) is 2.09. The van der Waals surface area contributed by atoms with Crippen LogP contribution in [0.25, 0.3) is 0 Å². The molecule has 0 radical (unpaired) electrons. The molecular formula is C18H36. The van der Waals surface area contributed by atoms with E-state index in [2.05, 4.69) is 72.4 Å². The third kappa shape index (κ3) is 36.2. The molecule has 0 atom stereocenters. The zero-order valence-corrected chi connectivity index (χ0v) is 14.2. The maximum Gasteiger partial charge on any atom is -0.0266 e. The highest BCUT2D eigenvalue weighted by Crippen LogP contribution is 2.02. The van der Waals surface area contributed by atoms with Crippen molar-refractivity contribution >= 4 is 0 Å². The number of allylic oxidation sites excluding steroid dienone is 5. The molecular weight excluding hydrogens is 216 g/mol. The molecule has 18 heavy (non-hydrogen) atoms. The van der Waals surface area contributed by atoms with Crippen molar-refractivity contribution in [3.63, 3.8) is 0 Å². The molecule has 0 spiro atoms. The maximum absolute atomic E-state index is 3.75. The van der Waals surface area contributed by atoms with Gasteiger partial charge in [-0.25, -0.2) is 0 Å². The number of rotatable bonds is 3. The lowest BCUT2D eigenvalue weighted by atomic mass is 10.1. The monoisotopic (exact) mass is 252 g/mol. The second-order valence-corrected chi connectivity index (χ2v) is 5.54. The molecule has 0 aromatic heterocycles. The van der Waals surface area contributed by atoms with Crippen LogP contribution in [0.4, 0.5) is 0 Å². The van der Waals surface area contributed by atoms with Gasteiger partial charge < -0.3 is 0 Å². The van der Waals surface area contributed by atoms with E-state index >= 15 is 0 Å². The maximum atomic E-state index is 3.75. The van der Waals surface area contributed by atoms with Crippen molar-refractivity contribution in [1.82, 2.24) is 0 Å². The highest BCUT2D eigenvalue weighted by Gasteiger charge is 1.87. The van der Waals surface area contributed by atoms with Crippen molar-refractivity contribution < 1.29 is 0 Å². The van der Waals surface area contributed by atoms with Gasteiger partial charge in [0.15, 0.2) is 0 Å². The Morgan fingerprint density at radius 3 is 1.00 bits per heavy atom. The summed E-state index contributed by atoms with van der Waals surface area (Å²) in [5.41, 5.74) is 1.26. The second kappa shape index (κ2) is 16.2. The first-order valence-electron chi connectivity index (χ1n) is 7.09. The first-order chi connectivity index (χ1) is 8.18. The summed E-state index contributed by atoms with van der Waals surface area (Å²) in [6.07, 6.45) is 8.48. The third-order valence-electron chi connectivity index (χ3n) is 2.14. The largest absolute Gasteiger partial charge is 0.0999 e. The van der Waals surface area contributed by atoms with E-state index in [1.54, 1.807) is 0 Å². The van der Waals surface area contributed by atoms with Crippen LogP contribution in [-0.2, 0) is 0 Å². The van der Waals surface area contributed by atoms with E-state index in [0.29, 0.717) is 5.92 Å². The van der Waals surface area contributed by atoms with Crippen LogP contribution < -0.4 is 0 Å². The van der Waals surface area contributed by atoms with Gasteiger partial charge in [-0.2, -0.15) is 0 Å². The van der Waals surface area contributed by atoms with Crippen LogP contribution in [0.1, 0.15) is 62.3 Å². The van der Waals surface area contributed by atoms with Crippen LogP contribution in [-0.4, -0.2) is 0 Å². The van der Waals surface area contributed by atoms with Gasteiger partial charge >= 0.3 is 0 Å². The standard InChI is InChI=1S/3C6H12/c1-5(2)6(3)4;2*1-4-5-6(2)3/h6H,1H2,2-4H3;2*4-6H,1-3H3/b;5-4+;5-4-. The van der Waals surface area contributed by atoms with Gasteiger partial charge in [-0.1, -0.05) is 78.0 Å². The lowest BCUT2D eigenvalue weighted by Crippen LogP contribution is -1.83. The fourth-order valence-electron chi connectivity index (χ4n) is 0.770. The van der Waals surface area contributed by atoms with Gasteiger partial charge in [-0.3, -0.25) is 0 Å². The molecule has 0 unspecified atom stereocenters. The normalized spacial score (nSPS) is 10.7. The average molecular weight is 252 g/mol. The minimum atomic E-state index is 0.657. The van der Waals surface area contributed by atoms with Crippen molar-refractivity contribution in [3.05, 3.63) is 36.5 Å². The molecule has 0 aromatic carbocycles. The molecule has 0 amide bonds. The molecule has 0 rings (SSSR count). The zero-order chi connectivity index (χ0) is 15.1. The molecule has 0 aromatic rings. The highest BCUT2D eigenvalue weighted by atomic mass is 13.9. The van der Waals surface area contributed by atoms with Gasteiger partial charge in [0.1, 0.15) is 0 Å². The van der Waals surface area contributed by atoms with Gasteiger partial charge in [0.25, 0.3) is 0 Å². The van der Waals surface area contributed by atoms with Crippen molar-refractivity contribution in [3.8, 4) is 0 Å². The summed E-state index contributed by atoms with van der Waals surface area (Å²) in [4.78, 5) is 0. The van der Waals surface area contributed by atoms with E-state index in [1.807, 2.05) is 20.8 Å². The zero-order valence-electron chi connectivity index (χ0n) is 14.2. The predicted molar refractivity (Wildman–Crippen MR) is 89.0 cm³/mol. The second-order valence-electron chi connectivity index (χ2n) is 5.54. The van der Waals surface area contributed by atoms with E-state index in [1.165, 1.54) is 5.57 Å². The first-order valence-corrected chi connectivity index (χ1v) is 7.09. The molecule has 0 heterocycles. The minimum absolute atomic E-state index is 0.657. The molecule has 0 nitrogen and oxygen atoms in total. The topological polar surface area (TPSA) is 0 Å². The predicted octanol–water partition coefficient (Wildman–Crippen LogP) is 6.66. The van der Waals surface area contributed by atoms with Crippen LogP contribution in [0.5, 0.6) is 0 Å². The van der Waals surface area contributed by atoms with Gasteiger partial charge in [-0.15, -0.1) is 0 Å². The molecule has 0 bridgehead atoms. The van der Waals surface area contributed by atoms with Crippen molar-refractivity contribution in [2.75, 3.05) is 0 Å². The molecule has 0 N–H and O–H groups in total. The van der Waals surface area contributed by atoms with Crippen LogP contribution in [0.3, 0.4) is 0 Å². The fourth-order valence-corrected chi connectivity index (χ4v) is 0.770. The molecule has 0 saturated heterocycles. The molecule has 0 saturated carbocycles. The summed E-state index contributed by atoms with van der Waals surface area (Å²) < 4.78 is 0. The Labute approximate surface area is 117 Å². The summed E-state index contributed by atoms with van der Waals surface area (Å²) in [5, 5.41) is 0. The molecule has 0 aliphatic carbocycles. The minimum Gasteiger partial charge on any atom is -0.0999 e. The van der Waals surface area contributed by atoms with E-state index in [-0.39, 0.29) is 0 Å². The molecule has 0 aliphatic rings. The Balaban J connectivity index is -0.000000187. The average Bonchev–Trinajstić information content (AvgIpc) is 2.18. The lowest BCUT2D eigenvalue weighted by molar-refractivity contribution is 0.773. The van der Waals surface area contributed by atoms with Gasteiger partial charge in [0, 0.05) is 0 Å². The van der Waals surface area contributed by atoms with E-state index in [4.69, 9.17) is 0 Å². The molecule has 0 aliphatic heterocycles. The summed E-state index contributed by atoms with van der Waals surface area (Å²) >= 11 is 0. The number of hydrogen-bond donors (Lipinski definition) is 0. The van der Waals surface area contributed by atoms with E-state index in [0.717, 1.165) is 11.8 Å². The van der Waals surface area contributed by atoms with Crippen LogP contribution in [0.2, 0.25) is 0 Å². The summed E-state index contributed by atoms with van der Waals surface area (Å²) in [6.45, 7) is 22.8. The van der Waals surface area contributed by atoms with Crippen molar-refractivity contribution in [2.24, 2.45) is 17.8 Å². The molecule has 0 fully saturated rings. The Kier molecular flexibility index (Phi) is 20.2. The Hall–Kier alpha value is -0.780. The Morgan fingerprint density at radius 2 is 1.00 bits per heavy atom. The van der Waals surface area contributed by atoms with Crippen LogP contribution in [0.15, 0.2) is 36.5 Å². The quantitative estimate of drug-likeness (QED) is 0.493.